The quantitative estimate of drug-likeness (QED) is 0.732. The first-order chi connectivity index (χ1) is 11.8. The Morgan fingerprint density at radius 3 is 2.62 bits per heavy atom. The van der Waals surface area contributed by atoms with E-state index >= 15 is 0 Å². The molecule has 0 saturated carbocycles. The molecule has 0 unspecified atom stereocenters. The zero-order chi connectivity index (χ0) is 16.6. The number of hydrogen-bond acceptors (Lipinski definition) is 4. The first kappa shape index (κ1) is 16.7. The summed E-state index contributed by atoms with van der Waals surface area (Å²) in [5.41, 5.74) is 1.95. The molecule has 0 radical (unpaired) electrons. The van der Waals surface area contributed by atoms with Gasteiger partial charge in [-0.15, -0.1) is 0 Å². The molecule has 1 aromatic carbocycles. The summed E-state index contributed by atoms with van der Waals surface area (Å²) in [4.78, 5) is 19.2. The number of rotatable bonds is 7. The number of pyridine rings is 1. The van der Waals surface area contributed by atoms with Crippen LogP contribution in [0.1, 0.15) is 36.3 Å². The Labute approximate surface area is 143 Å². The highest BCUT2D eigenvalue weighted by atomic mass is 16.5. The van der Waals surface area contributed by atoms with Crippen LogP contribution in [0.2, 0.25) is 0 Å². The molecule has 0 aliphatic carbocycles. The predicted molar refractivity (Wildman–Crippen MR) is 93.5 cm³/mol. The summed E-state index contributed by atoms with van der Waals surface area (Å²) in [5, 5.41) is 0. The fraction of sp³-hybridized carbons (Fsp3) is 0.400. The lowest BCUT2D eigenvalue weighted by Gasteiger charge is -2.20. The molecule has 4 nitrogen and oxygen atoms in total. The van der Waals surface area contributed by atoms with Crippen LogP contribution in [0.4, 0.5) is 0 Å². The van der Waals surface area contributed by atoms with E-state index in [0.717, 1.165) is 37.2 Å². The van der Waals surface area contributed by atoms with E-state index in [9.17, 15) is 4.79 Å². The lowest BCUT2D eigenvalue weighted by molar-refractivity contribution is -0.147. The molecule has 3 rings (SSSR count). The molecule has 0 amide bonds. The number of benzene rings is 1. The van der Waals surface area contributed by atoms with Gasteiger partial charge in [0, 0.05) is 12.4 Å². The first-order valence-electron chi connectivity index (χ1n) is 8.66. The van der Waals surface area contributed by atoms with Gasteiger partial charge in [-0.3, -0.25) is 9.78 Å². The summed E-state index contributed by atoms with van der Waals surface area (Å²) in [5.74, 6) is -0.408. The number of carbonyl (C=O) groups excluding carboxylic acids is 1. The van der Waals surface area contributed by atoms with Crippen LogP contribution in [0.15, 0.2) is 54.9 Å². The lowest BCUT2D eigenvalue weighted by atomic mass is 9.97. The van der Waals surface area contributed by atoms with E-state index in [1.807, 2.05) is 42.5 Å². The molecule has 1 fully saturated rings. The minimum atomic E-state index is -0.247. The summed E-state index contributed by atoms with van der Waals surface area (Å²) < 4.78 is 5.57. The summed E-state index contributed by atoms with van der Waals surface area (Å²) in [6, 6.07) is 13.6. The number of likely N-dealkylation sites (tertiary alicyclic amines) is 1. The molecule has 1 aliphatic rings. The number of carbonyl (C=O) groups is 1. The van der Waals surface area contributed by atoms with Crippen molar-refractivity contribution in [2.75, 3.05) is 19.6 Å². The monoisotopic (exact) mass is 324 g/mol. The van der Waals surface area contributed by atoms with Gasteiger partial charge in [-0.2, -0.15) is 0 Å². The molecular formula is C20H24N2O2. The van der Waals surface area contributed by atoms with Crippen molar-refractivity contribution < 1.29 is 9.53 Å². The van der Waals surface area contributed by atoms with Crippen molar-refractivity contribution in [2.45, 2.75) is 31.8 Å². The largest absolute Gasteiger partial charge is 0.460 e. The van der Waals surface area contributed by atoms with Gasteiger partial charge in [0.15, 0.2) is 0 Å². The molecule has 2 aromatic rings. The van der Waals surface area contributed by atoms with Crippen LogP contribution in [-0.4, -0.2) is 35.5 Å². The number of aromatic nitrogens is 1. The molecule has 0 spiro atoms. The SMILES string of the molecule is O=C(OCc1ccccc1)[C@@H](CCN1CCCC1)c1cccnc1. The van der Waals surface area contributed by atoms with Crippen LogP contribution in [0.25, 0.3) is 0 Å². The summed E-state index contributed by atoms with van der Waals surface area (Å²) >= 11 is 0. The topological polar surface area (TPSA) is 42.4 Å². The third-order valence-electron chi connectivity index (χ3n) is 4.53. The normalized spacial score (nSPS) is 16.0. The fourth-order valence-corrected chi connectivity index (χ4v) is 3.15. The second-order valence-corrected chi connectivity index (χ2v) is 6.27. The van der Waals surface area contributed by atoms with E-state index in [-0.39, 0.29) is 11.9 Å². The van der Waals surface area contributed by atoms with Gasteiger partial charge >= 0.3 is 5.97 Å². The zero-order valence-electron chi connectivity index (χ0n) is 13.9. The Kier molecular flexibility index (Phi) is 5.96. The molecule has 126 valence electrons. The maximum atomic E-state index is 12.7. The van der Waals surface area contributed by atoms with Crippen LogP contribution >= 0.6 is 0 Å². The molecule has 4 heteroatoms. The Hall–Kier alpha value is -2.20. The Bertz CT molecular complexity index is 625. The number of nitrogens with zero attached hydrogens (tertiary/aromatic N) is 2. The Morgan fingerprint density at radius 1 is 1.12 bits per heavy atom. The van der Waals surface area contributed by atoms with E-state index in [4.69, 9.17) is 4.74 Å². The van der Waals surface area contributed by atoms with Crippen LogP contribution < -0.4 is 0 Å². The smallest absolute Gasteiger partial charge is 0.313 e. The van der Waals surface area contributed by atoms with E-state index < -0.39 is 0 Å². The molecule has 0 bridgehead atoms. The van der Waals surface area contributed by atoms with Crippen molar-refractivity contribution >= 4 is 5.97 Å². The standard InChI is InChI=1S/C20H24N2O2/c23-20(24-16-17-7-2-1-3-8-17)19(18-9-6-11-21-15-18)10-14-22-12-4-5-13-22/h1-3,6-9,11,15,19H,4-5,10,12-14,16H2/t19-/m0/s1. The van der Waals surface area contributed by atoms with Gasteiger partial charge < -0.3 is 9.64 Å². The van der Waals surface area contributed by atoms with Crippen molar-refractivity contribution in [2.24, 2.45) is 0 Å². The Balaban J connectivity index is 1.62. The molecule has 1 aromatic heterocycles. The highest BCUT2D eigenvalue weighted by Crippen LogP contribution is 2.23. The molecule has 1 saturated heterocycles. The molecular weight excluding hydrogens is 300 g/mol. The molecule has 0 N–H and O–H groups in total. The highest BCUT2D eigenvalue weighted by molar-refractivity contribution is 5.78. The highest BCUT2D eigenvalue weighted by Gasteiger charge is 2.24. The average molecular weight is 324 g/mol. The van der Waals surface area contributed by atoms with E-state index in [1.165, 1.54) is 12.8 Å². The van der Waals surface area contributed by atoms with E-state index in [0.29, 0.717) is 6.61 Å². The van der Waals surface area contributed by atoms with Crippen LogP contribution in [0.5, 0.6) is 0 Å². The number of hydrogen-bond donors (Lipinski definition) is 0. The zero-order valence-corrected chi connectivity index (χ0v) is 13.9. The Morgan fingerprint density at radius 2 is 1.92 bits per heavy atom. The molecule has 2 heterocycles. The second kappa shape index (κ2) is 8.60. The minimum absolute atomic E-state index is 0.161. The molecule has 1 atom stereocenters. The lowest BCUT2D eigenvalue weighted by Crippen LogP contribution is -2.25. The van der Waals surface area contributed by atoms with Gasteiger partial charge in [0.1, 0.15) is 6.61 Å². The third kappa shape index (κ3) is 4.65. The second-order valence-electron chi connectivity index (χ2n) is 6.27. The summed E-state index contributed by atoms with van der Waals surface area (Å²) in [6.45, 7) is 3.53. The van der Waals surface area contributed by atoms with E-state index in [2.05, 4.69) is 9.88 Å². The van der Waals surface area contributed by atoms with Gasteiger partial charge in [-0.25, -0.2) is 0 Å². The first-order valence-corrected chi connectivity index (χ1v) is 8.66. The van der Waals surface area contributed by atoms with Crippen molar-refractivity contribution in [3.8, 4) is 0 Å². The third-order valence-corrected chi connectivity index (χ3v) is 4.53. The average Bonchev–Trinajstić information content (AvgIpc) is 3.15. The van der Waals surface area contributed by atoms with Crippen LogP contribution in [0, 0.1) is 0 Å². The maximum Gasteiger partial charge on any atom is 0.313 e. The van der Waals surface area contributed by atoms with Crippen molar-refractivity contribution in [1.82, 2.24) is 9.88 Å². The van der Waals surface area contributed by atoms with E-state index in [1.54, 1.807) is 12.4 Å². The number of ether oxygens (including phenoxy) is 1. The summed E-state index contributed by atoms with van der Waals surface area (Å²) in [6.07, 6.45) is 6.81. The maximum absolute atomic E-state index is 12.7. The summed E-state index contributed by atoms with van der Waals surface area (Å²) in [7, 11) is 0. The number of esters is 1. The van der Waals surface area contributed by atoms with Crippen LogP contribution in [0.3, 0.4) is 0 Å². The molecule has 24 heavy (non-hydrogen) atoms. The van der Waals surface area contributed by atoms with Gasteiger partial charge in [0.05, 0.1) is 5.92 Å². The fourth-order valence-electron chi connectivity index (χ4n) is 3.15. The predicted octanol–water partition coefficient (Wildman–Crippen LogP) is 3.39. The van der Waals surface area contributed by atoms with Gasteiger partial charge in [0.2, 0.25) is 0 Å². The van der Waals surface area contributed by atoms with Crippen molar-refractivity contribution in [1.29, 1.82) is 0 Å². The van der Waals surface area contributed by atoms with Gasteiger partial charge in [-0.1, -0.05) is 36.4 Å². The van der Waals surface area contributed by atoms with Crippen molar-refractivity contribution in [3.05, 3.63) is 66.0 Å². The molecule has 1 aliphatic heterocycles. The minimum Gasteiger partial charge on any atom is -0.460 e. The van der Waals surface area contributed by atoms with Gasteiger partial charge in [-0.05, 0) is 56.1 Å². The van der Waals surface area contributed by atoms with Gasteiger partial charge in [0.25, 0.3) is 0 Å². The van der Waals surface area contributed by atoms with Crippen molar-refractivity contribution in [3.63, 3.8) is 0 Å². The van der Waals surface area contributed by atoms with Crippen LogP contribution in [-0.2, 0) is 16.1 Å².